The summed E-state index contributed by atoms with van der Waals surface area (Å²) >= 11 is 5.76. The fourth-order valence-electron chi connectivity index (χ4n) is 1.65. The third-order valence-corrected chi connectivity index (χ3v) is 4.53. The van der Waals surface area contributed by atoms with Gasteiger partial charge in [0, 0.05) is 12.7 Å². The van der Waals surface area contributed by atoms with E-state index in [4.69, 9.17) is 22.4 Å². The lowest BCUT2D eigenvalue weighted by Crippen LogP contribution is -2.26. The Morgan fingerprint density at radius 2 is 1.95 bits per heavy atom. The van der Waals surface area contributed by atoms with Gasteiger partial charge in [0.15, 0.2) is 0 Å². The number of nitrogen functional groups attached to an aromatic ring is 1. The van der Waals surface area contributed by atoms with Gasteiger partial charge in [0.2, 0.25) is 10.0 Å². The minimum Gasteiger partial charge on any atom is -0.508 e. The molecule has 0 unspecified atom stereocenters. The van der Waals surface area contributed by atoms with E-state index in [2.05, 4.69) is 9.71 Å². The summed E-state index contributed by atoms with van der Waals surface area (Å²) in [6.45, 7) is 0.217. The van der Waals surface area contributed by atoms with Crippen molar-refractivity contribution < 1.29 is 13.5 Å². The molecule has 0 radical (unpaired) electrons. The number of nitrogens with zero attached hydrogens (tertiary/aromatic N) is 1. The number of benzene rings is 1. The first-order chi connectivity index (χ1) is 9.88. The average Bonchev–Trinajstić information content (AvgIpc) is 2.44. The van der Waals surface area contributed by atoms with Crippen molar-refractivity contribution >= 4 is 27.4 Å². The highest BCUT2D eigenvalue weighted by Crippen LogP contribution is 2.19. The molecule has 0 aliphatic heterocycles. The number of rotatable bonds is 5. The number of halogens is 1. The molecule has 8 heteroatoms. The van der Waals surface area contributed by atoms with Crippen molar-refractivity contribution in [3.05, 3.63) is 47.1 Å². The maximum atomic E-state index is 12.0. The number of nitrogens with two attached hydrogens (primary N) is 1. The van der Waals surface area contributed by atoms with Gasteiger partial charge in [-0.1, -0.05) is 23.7 Å². The standard InChI is InChI=1S/C13H14ClN3O3S/c14-12-7-11(8-16-13(12)15)21(19,20)17-6-5-9-1-3-10(18)4-2-9/h1-4,7-8,17-18H,5-6H2,(H2,15,16). The number of hydrogen-bond donors (Lipinski definition) is 3. The lowest BCUT2D eigenvalue weighted by molar-refractivity contribution is 0.475. The maximum Gasteiger partial charge on any atom is 0.242 e. The fraction of sp³-hybridized carbons (Fsp3) is 0.154. The quantitative estimate of drug-likeness (QED) is 0.772. The monoisotopic (exact) mass is 327 g/mol. The summed E-state index contributed by atoms with van der Waals surface area (Å²) in [7, 11) is -3.68. The van der Waals surface area contributed by atoms with E-state index in [9.17, 15) is 8.42 Å². The predicted molar refractivity (Wildman–Crippen MR) is 80.7 cm³/mol. The Hall–Kier alpha value is -1.83. The van der Waals surface area contributed by atoms with Crippen LogP contribution in [0.2, 0.25) is 5.02 Å². The molecule has 2 aromatic rings. The van der Waals surface area contributed by atoms with Crippen LogP contribution in [0.4, 0.5) is 5.82 Å². The summed E-state index contributed by atoms with van der Waals surface area (Å²) in [6.07, 6.45) is 1.65. The second-order valence-electron chi connectivity index (χ2n) is 4.35. The van der Waals surface area contributed by atoms with Crippen molar-refractivity contribution in [2.24, 2.45) is 0 Å². The third kappa shape index (κ3) is 4.07. The highest BCUT2D eigenvalue weighted by molar-refractivity contribution is 7.89. The maximum absolute atomic E-state index is 12.0. The van der Waals surface area contributed by atoms with Gasteiger partial charge in [0.1, 0.15) is 16.5 Å². The van der Waals surface area contributed by atoms with Gasteiger partial charge in [0.05, 0.1) is 5.02 Å². The molecule has 0 saturated carbocycles. The molecule has 6 nitrogen and oxygen atoms in total. The summed E-state index contributed by atoms with van der Waals surface area (Å²) in [5, 5.41) is 9.26. The van der Waals surface area contributed by atoms with E-state index in [0.29, 0.717) is 6.42 Å². The van der Waals surface area contributed by atoms with Crippen LogP contribution in [0.3, 0.4) is 0 Å². The Kier molecular flexibility index (Phi) is 4.66. The zero-order valence-corrected chi connectivity index (χ0v) is 12.5. The molecule has 1 aromatic carbocycles. The van der Waals surface area contributed by atoms with Crippen LogP contribution in [0.15, 0.2) is 41.4 Å². The van der Waals surface area contributed by atoms with Gasteiger partial charge >= 0.3 is 0 Å². The Balaban J connectivity index is 2.01. The van der Waals surface area contributed by atoms with Gasteiger partial charge < -0.3 is 10.8 Å². The highest BCUT2D eigenvalue weighted by atomic mass is 35.5. The largest absolute Gasteiger partial charge is 0.508 e. The zero-order valence-electron chi connectivity index (χ0n) is 11.0. The van der Waals surface area contributed by atoms with E-state index in [1.807, 2.05) is 0 Å². The molecule has 1 aromatic heterocycles. The van der Waals surface area contributed by atoms with Crippen LogP contribution in [0.1, 0.15) is 5.56 Å². The highest BCUT2D eigenvalue weighted by Gasteiger charge is 2.15. The lowest BCUT2D eigenvalue weighted by Gasteiger charge is -2.07. The van der Waals surface area contributed by atoms with Gasteiger partial charge in [-0.05, 0) is 30.2 Å². The number of phenols is 1. The molecule has 0 aliphatic rings. The molecular formula is C13H14ClN3O3S. The van der Waals surface area contributed by atoms with E-state index in [1.54, 1.807) is 24.3 Å². The Morgan fingerprint density at radius 3 is 2.57 bits per heavy atom. The molecule has 4 N–H and O–H groups in total. The molecule has 0 atom stereocenters. The molecule has 1 heterocycles. The van der Waals surface area contributed by atoms with Gasteiger partial charge in [-0.3, -0.25) is 0 Å². The van der Waals surface area contributed by atoms with Crippen molar-refractivity contribution in [3.63, 3.8) is 0 Å². The van der Waals surface area contributed by atoms with Crippen molar-refractivity contribution in [3.8, 4) is 5.75 Å². The van der Waals surface area contributed by atoms with Crippen LogP contribution in [-0.2, 0) is 16.4 Å². The summed E-state index contributed by atoms with van der Waals surface area (Å²) < 4.78 is 26.6. The number of aromatic nitrogens is 1. The fourth-order valence-corrected chi connectivity index (χ4v) is 2.89. The van der Waals surface area contributed by atoms with Crippen LogP contribution >= 0.6 is 11.6 Å². The van der Waals surface area contributed by atoms with Crippen LogP contribution in [-0.4, -0.2) is 25.1 Å². The second-order valence-corrected chi connectivity index (χ2v) is 6.53. The van der Waals surface area contributed by atoms with Crippen LogP contribution < -0.4 is 10.5 Å². The van der Waals surface area contributed by atoms with Crippen molar-refractivity contribution in [2.75, 3.05) is 12.3 Å². The summed E-state index contributed by atoms with van der Waals surface area (Å²) in [5.41, 5.74) is 6.35. The lowest BCUT2D eigenvalue weighted by atomic mass is 10.1. The minimum absolute atomic E-state index is 0.0348. The molecule has 0 fully saturated rings. The van der Waals surface area contributed by atoms with Crippen LogP contribution in [0.5, 0.6) is 5.75 Å². The van der Waals surface area contributed by atoms with Crippen molar-refractivity contribution in [2.45, 2.75) is 11.3 Å². The van der Waals surface area contributed by atoms with Gasteiger partial charge in [-0.15, -0.1) is 0 Å². The van der Waals surface area contributed by atoms with Gasteiger partial charge in [-0.2, -0.15) is 0 Å². The van der Waals surface area contributed by atoms with Crippen molar-refractivity contribution in [1.29, 1.82) is 0 Å². The minimum atomic E-state index is -3.68. The average molecular weight is 328 g/mol. The second kappa shape index (κ2) is 6.30. The molecule has 0 saturated heterocycles. The molecule has 112 valence electrons. The topological polar surface area (TPSA) is 105 Å². The smallest absolute Gasteiger partial charge is 0.242 e. The number of nitrogens with one attached hydrogen (secondary N) is 1. The van der Waals surface area contributed by atoms with E-state index in [-0.39, 0.29) is 28.0 Å². The molecule has 2 rings (SSSR count). The predicted octanol–water partition coefficient (Wildman–Crippen LogP) is 1.54. The molecule has 0 aliphatic carbocycles. The normalized spacial score (nSPS) is 11.5. The number of pyridine rings is 1. The Morgan fingerprint density at radius 1 is 1.29 bits per heavy atom. The van der Waals surface area contributed by atoms with E-state index in [1.165, 1.54) is 6.07 Å². The summed E-state index contributed by atoms with van der Waals surface area (Å²) in [6, 6.07) is 7.81. The van der Waals surface area contributed by atoms with Crippen LogP contribution in [0, 0.1) is 0 Å². The number of anilines is 1. The Labute approximate surface area is 127 Å². The third-order valence-electron chi connectivity index (χ3n) is 2.80. The van der Waals surface area contributed by atoms with E-state index >= 15 is 0 Å². The molecule has 21 heavy (non-hydrogen) atoms. The molecular weight excluding hydrogens is 314 g/mol. The van der Waals surface area contributed by atoms with E-state index in [0.717, 1.165) is 11.8 Å². The van der Waals surface area contributed by atoms with Crippen LogP contribution in [0.25, 0.3) is 0 Å². The number of phenolic OH excluding ortho intramolecular Hbond substituents is 1. The first-order valence-corrected chi connectivity index (χ1v) is 7.93. The number of hydrogen-bond acceptors (Lipinski definition) is 5. The zero-order chi connectivity index (χ0) is 15.5. The van der Waals surface area contributed by atoms with Gasteiger partial charge in [-0.25, -0.2) is 18.1 Å². The number of aromatic hydroxyl groups is 1. The van der Waals surface area contributed by atoms with Gasteiger partial charge in [0.25, 0.3) is 0 Å². The molecule has 0 spiro atoms. The van der Waals surface area contributed by atoms with E-state index < -0.39 is 10.0 Å². The summed E-state index contributed by atoms with van der Waals surface area (Å²) in [5.74, 6) is 0.252. The first kappa shape index (κ1) is 15.6. The summed E-state index contributed by atoms with van der Waals surface area (Å²) in [4.78, 5) is 3.68. The number of sulfonamides is 1. The first-order valence-electron chi connectivity index (χ1n) is 6.07. The van der Waals surface area contributed by atoms with Crippen molar-refractivity contribution in [1.82, 2.24) is 9.71 Å². The SMILES string of the molecule is Nc1ncc(S(=O)(=O)NCCc2ccc(O)cc2)cc1Cl. The molecule has 0 amide bonds. The Bertz CT molecular complexity index is 733. The molecule has 0 bridgehead atoms.